The summed E-state index contributed by atoms with van der Waals surface area (Å²) in [7, 11) is 1.95. The largest absolute Gasteiger partial charge is 0.337 e. The lowest BCUT2D eigenvalue weighted by Gasteiger charge is -2.33. The van der Waals surface area contributed by atoms with Crippen LogP contribution >= 0.6 is 0 Å². The van der Waals surface area contributed by atoms with Gasteiger partial charge in [-0.2, -0.15) is 5.26 Å². The topological polar surface area (TPSA) is 82.2 Å². The zero-order valence-electron chi connectivity index (χ0n) is 12.4. The minimum Gasteiger partial charge on any atom is -0.337 e. The number of likely N-dealkylation sites (N-methyl/N-ethyl adjacent to an activating group) is 1. The van der Waals surface area contributed by atoms with Crippen LogP contribution in [0.25, 0.3) is 0 Å². The van der Waals surface area contributed by atoms with Crippen molar-refractivity contribution in [1.29, 1.82) is 5.26 Å². The predicted molar refractivity (Wildman–Crippen MR) is 77.8 cm³/mol. The summed E-state index contributed by atoms with van der Waals surface area (Å²) in [5.74, 6) is 0.604. The van der Waals surface area contributed by atoms with Gasteiger partial charge in [-0.3, -0.25) is 9.69 Å². The second-order valence-corrected chi connectivity index (χ2v) is 6.36. The molecule has 2 rings (SSSR count). The van der Waals surface area contributed by atoms with E-state index in [0.717, 1.165) is 32.1 Å². The lowest BCUT2D eigenvalue weighted by Crippen LogP contribution is -2.53. The average Bonchev–Trinajstić information content (AvgIpc) is 3.25. The first-order valence-electron chi connectivity index (χ1n) is 7.73. The Morgan fingerprint density at radius 1 is 1.45 bits per heavy atom. The number of hydrogen-bond acceptors (Lipinski definition) is 4. The number of rotatable bonds is 6. The Morgan fingerprint density at radius 2 is 2.10 bits per heavy atom. The first-order valence-corrected chi connectivity index (χ1v) is 7.73. The Hall–Kier alpha value is -1.12. The molecule has 3 N–H and O–H groups in total. The number of nitrogens with two attached hydrogens (primary N) is 1. The third-order valence-corrected chi connectivity index (χ3v) is 4.67. The summed E-state index contributed by atoms with van der Waals surface area (Å²) in [5, 5.41) is 12.3. The highest BCUT2D eigenvalue weighted by atomic mass is 16.2. The van der Waals surface area contributed by atoms with E-state index in [1.54, 1.807) is 0 Å². The van der Waals surface area contributed by atoms with Gasteiger partial charge < -0.3 is 11.1 Å². The summed E-state index contributed by atoms with van der Waals surface area (Å²) in [6.07, 6.45) is 7.21. The van der Waals surface area contributed by atoms with Crippen LogP contribution in [0.5, 0.6) is 0 Å². The van der Waals surface area contributed by atoms with Crippen LogP contribution in [-0.4, -0.2) is 42.5 Å². The number of nitrogens with zero attached hydrogens (tertiary/aromatic N) is 2. The monoisotopic (exact) mass is 278 g/mol. The van der Waals surface area contributed by atoms with E-state index in [-0.39, 0.29) is 5.91 Å². The van der Waals surface area contributed by atoms with Gasteiger partial charge in [0, 0.05) is 12.6 Å². The summed E-state index contributed by atoms with van der Waals surface area (Å²) in [6, 6.07) is 2.62. The molecule has 5 heteroatoms. The van der Waals surface area contributed by atoms with Crippen LogP contribution < -0.4 is 11.1 Å². The van der Waals surface area contributed by atoms with Gasteiger partial charge in [0.2, 0.25) is 5.91 Å². The molecule has 112 valence electrons. The van der Waals surface area contributed by atoms with Gasteiger partial charge >= 0.3 is 0 Å². The maximum atomic E-state index is 12.2. The van der Waals surface area contributed by atoms with Crippen LogP contribution in [0.3, 0.4) is 0 Å². The summed E-state index contributed by atoms with van der Waals surface area (Å²) in [4.78, 5) is 14.2. The third-order valence-electron chi connectivity index (χ3n) is 4.67. The van der Waals surface area contributed by atoms with E-state index in [2.05, 4.69) is 11.4 Å². The van der Waals surface area contributed by atoms with E-state index in [0.29, 0.717) is 25.0 Å². The fourth-order valence-corrected chi connectivity index (χ4v) is 3.28. The predicted octanol–water partition coefficient (Wildman–Crippen LogP) is 0.998. The Morgan fingerprint density at radius 3 is 2.60 bits per heavy atom. The van der Waals surface area contributed by atoms with Crippen molar-refractivity contribution in [2.75, 3.05) is 20.1 Å². The lowest BCUT2D eigenvalue weighted by molar-refractivity contribution is -0.124. The molecule has 1 unspecified atom stereocenters. The van der Waals surface area contributed by atoms with Crippen molar-refractivity contribution >= 4 is 5.91 Å². The molecule has 0 heterocycles. The molecule has 2 saturated carbocycles. The first-order chi connectivity index (χ1) is 9.60. The lowest BCUT2D eigenvalue weighted by atomic mass is 9.83. The number of nitrogens with one attached hydrogen (secondary N) is 1. The number of carbonyl (C=O) groups is 1. The summed E-state index contributed by atoms with van der Waals surface area (Å²) >= 11 is 0. The SMILES string of the molecule is CN(CC(=O)NC1(C#N)CCCCC1)C(CN)C1CC1. The zero-order valence-corrected chi connectivity index (χ0v) is 12.4. The van der Waals surface area contributed by atoms with Gasteiger partial charge in [0.1, 0.15) is 5.54 Å². The molecule has 0 radical (unpaired) electrons. The zero-order chi connectivity index (χ0) is 14.6. The molecule has 2 fully saturated rings. The van der Waals surface area contributed by atoms with Crippen LogP contribution in [0.2, 0.25) is 0 Å². The highest BCUT2D eigenvalue weighted by molar-refractivity contribution is 5.79. The minimum atomic E-state index is -0.631. The smallest absolute Gasteiger partial charge is 0.235 e. The fraction of sp³-hybridized carbons (Fsp3) is 0.867. The minimum absolute atomic E-state index is 0.0463. The molecule has 5 nitrogen and oxygen atoms in total. The molecule has 1 atom stereocenters. The van der Waals surface area contributed by atoms with Gasteiger partial charge in [-0.1, -0.05) is 19.3 Å². The van der Waals surface area contributed by atoms with E-state index >= 15 is 0 Å². The van der Waals surface area contributed by atoms with Crippen molar-refractivity contribution < 1.29 is 4.79 Å². The van der Waals surface area contributed by atoms with Gasteiger partial charge in [0.05, 0.1) is 12.6 Å². The van der Waals surface area contributed by atoms with Crippen LogP contribution in [0.4, 0.5) is 0 Å². The molecule has 0 aromatic rings. The van der Waals surface area contributed by atoms with Crippen molar-refractivity contribution in [2.45, 2.75) is 56.5 Å². The molecule has 0 aromatic heterocycles. The molecular formula is C15H26N4O. The van der Waals surface area contributed by atoms with Crippen LogP contribution in [-0.2, 0) is 4.79 Å². The van der Waals surface area contributed by atoms with Crippen molar-refractivity contribution in [3.8, 4) is 6.07 Å². The van der Waals surface area contributed by atoms with E-state index in [1.165, 1.54) is 12.8 Å². The molecular weight excluding hydrogens is 252 g/mol. The van der Waals surface area contributed by atoms with E-state index < -0.39 is 5.54 Å². The highest BCUT2D eigenvalue weighted by Gasteiger charge is 2.36. The van der Waals surface area contributed by atoms with Gasteiger partial charge in [0.15, 0.2) is 0 Å². The van der Waals surface area contributed by atoms with Crippen molar-refractivity contribution in [1.82, 2.24) is 10.2 Å². The molecule has 2 aliphatic carbocycles. The number of hydrogen-bond donors (Lipinski definition) is 2. The normalized spacial score (nSPS) is 23.1. The maximum Gasteiger partial charge on any atom is 0.235 e. The van der Waals surface area contributed by atoms with Gasteiger partial charge in [-0.25, -0.2) is 0 Å². The quantitative estimate of drug-likeness (QED) is 0.759. The third kappa shape index (κ3) is 3.71. The van der Waals surface area contributed by atoms with E-state index in [1.807, 2.05) is 11.9 Å². The second-order valence-electron chi connectivity index (χ2n) is 6.36. The standard InChI is InChI=1S/C15H26N4O/c1-19(13(9-16)12-5-6-12)10-14(20)18-15(11-17)7-3-2-4-8-15/h12-13H,2-10,16H2,1H3,(H,18,20). The van der Waals surface area contributed by atoms with Crippen LogP contribution in [0.1, 0.15) is 44.9 Å². The Balaban J connectivity index is 1.86. The average molecular weight is 278 g/mol. The number of amides is 1. The summed E-state index contributed by atoms with van der Waals surface area (Å²) in [5.41, 5.74) is 5.17. The van der Waals surface area contributed by atoms with Crippen LogP contribution in [0, 0.1) is 17.2 Å². The Kier molecular flexibility index (Phi) is 5.00. The molecule has 20 heavy (non-hydrogen) atoms. The Bertz CT molecular complexity index is 380. The molecule has 0 bridgehead atoms. The summed E-state index contributed by atoms with van der Waals surface area (Å²) in [6.45, 7) is 0.930. The molecule has 0 saturated heterocycles. The molecule has 1 amide bonds. The van der Waals surface area contributed by atoms with Crippen molar-refractivity contribution in [3.63, 3.8) is 0 Å². The summed E-state index contributed by atoms with van der Waals surface area (Å²) < 4.78 is 0. The number of carbonyl (C=O) groups excluding carboxylic acids is 1. The first kappa shape index (κ1) is 15.3. The number of nitriles is 1. The molecule has 0 aromatic carbocycles. The molecule has 0 spiro atoms. The van der Waals surface area contributed by atoms with Gasteiger partial charge in [0.25, 0.3) is 0 Å². The highest BCUT2D eigenvalue weighted by Crippen LogP contribution is 2.34. The van der Waals surface area contributed by atoms with Crippen LogP contribution in [0.15, 0.2) is 0 Å². The van der Waals surface area contributed by atoms with E-state index in [9.17, 15) is 10.1 Å². The fourth-order valence-electron chi connectivity index (χ4n) is 3.28. The van der Waals surface area contributed by atoms with Crippen molar-refractivity contribution in [3.05, 3.63) is 0 Å². The van der Waals surface area contributed by atoms with Gasteiger partial charge in [-0.15, -0.1) is 0 Å². The maximum absolute atomic E-state index is 12.2. The van der Waals surface area contributed by atoms with E-state index in [4.69, 9.17) is 5.73 Å². The molecule has 0 aliphatic heterocycles. The van der Waals surface area contributed by atoms with Gasteiger partial charge in [-0.05, 0) is 38.6 Å². The van der Waals surface area contributed by atoms with Crippen molar-refractivity contribution in [2.24, 2.45) is 11.7 Å². The molecule has 2 aliphatic rings. The Labute approximate surface area is 121 Å². The second kappa shape index (κ2) is 6.55.